The number of urea groups is 1. The number of hydrogen-bond donors (Lipinski definition) is 3. The SMILES string of the molecule is Cc1ccc(S(=O)(=O)NC(=O)Nc2ccc(S(N)(=O)=O)c(-c3cccc(C)c3)c2)cc1. The first-order valence-electron chi connectivity index (χ1n) is 9.10. The highest BCUT2D eigenvalue weighted by Gasteiger charge is 2.20. The Kier molecular flexibility index (Phi) is 6.16. The van der Waals surface area contributed by atoms with Crippen molar-refractivity contribution in [1.29, 1.82) is 0 Å². The van der Waals surface area contributed by atoms with Gasteiger partial charge in [-0.2, -0.15) is 0 Å². The number of primary sulfonamides is 1. The van der Waals surface area contributed by atoms with Crippen LogP contribution in [0.1, 0.15) is 11.1 Å². The third kappa shape index (κ3) is 5.48. The Labute approximate surface area is 181 Å². The molecule has 4 N–H and O–H groups in total. The molecule has 0 radical (unpaired) electrons. The van der Waals surface area contributed by atoms with Gasteiger partial charge in [-0.15, -0.1) is 0 Å². The van der Waals surface area contributed by atoms with Crippen molar-refractivity contribution < 1.29 is 21.6 Å². The molecular formula is C21H21N3O5S2. The van der Waals surface area contributed by atoms with Crippen molar-refractivity contribution >= 4 is 31.8 Å². The topological polar surface area (TPSA) is 135 Å². The molecule has 0 atom stereocenters. The highest BCUT2D eigenvalue weighted by Crippen LogP contribution is 2.30. The van der Waals surface area contributed by atoms with Gasteiger partial charge in [-0.1, -0.05) is 47.5 Å². The molecule has 0 unspecified atom stereocenters. The molecule has 0 heterocycles. The minimum Gasteiger partial charge on any atom is -0.307 e. The number of carbonyl (C=O) groups excluding carboxylic acids is 1. The molecule has 0 bridgehead atoms. The van der Waals surface area contributed by atoms with Gasteiger partial charge in [0.2, 0.25) is 10.0 Å². The molecule has 3 aromatic carbocycles. The molecule has 10 heteroatoms. The molecule has 0 spiro atoms. The van der Waals surface area contributed by atoms with Crippen LogP contribution < -0.4 is 15.2 Å². The first-order valence-corrected chi connectivity index (χ1v) is 12.1. The fourth-order valence-corrected chi connectivity index (χ4v) is 4.60. The number of carbonyl (C=O) groups is 1. The number of amides is 2. The second-order valence-corrected chi connectivity index (χ2v) is 10.2. The summed E-state index contributed by atoms with van der Waals surface area (Å²) in [7, 11) is -8.11. The van der Waals surface area contributed by atoms with Crippen LogP contribution in [0.5, 0.6) is 0 Å². The van der Waals surface area contributed by atoms with E-state index in [1.54, 1.807) is 30.3 Å². The minimum absolute atomic E-state index is 0.0572. The van der Waals surface area contributed by atoms with Crippen LogP contribution in [0.2, 0.25) is 0 Å². The number of anilines is 1. The Hall–Kier alpha value is -3.21. The quantitative estimate of drug-likeness (QED) is 0.539. The molecule has 2 amide bonds. The summed E-state index contributed by atoms with van der Waals surface area (Å²) < 4.78 is 50.7. The second-order valence-electron chi connectivity index (χ2n) is 7.00. The lowest BCUT2D eigenvalue weighted by molar-refractivity contribution is 0.256. The van der Waals surface area contributed by atoms with E-state index in [-0.39, 0.29) is 21.0 Å². The molecule has 0 fully saturated rings. The molecule has 0 aliphatic heterocycles. The van der Waals surface area contributed by atoms with Gasteiger partial charge in [0.05, 0.1) is 9.79 Å². The van der Waals surface area contributed by atoms with Crippen LogP contribution in [0.3, 0.4) is 0 Å². The Morgan fingerprint density at radius 1 is 0.839 bits per heavy atom. The third-order valence-corrected chi connectivity index (χ3v) is 6.75. The van der Waals surface area contributed by atoms with Crippen molar-refractivity contribution in [3.05, 3.63) is 77.9 Å². The van der Waals surface area contributed by atoms with Crippen molar-refractivity contribution in [2.24, 2.45) is 5.14 Å². The Morgan fingerprint density at radius 3 is 2.13 bits per heavy atom. The smallest absolute Gasteiger partial charge is 0.307 e. The maximum atomic E-state index is 12.4. The van der Waals surface area contributed by atoms with Crippen molar-refractivity contribution in [2.75, 3.05) is 5.32 Å². The van der Waals surface area contributed by atoms with Crippen LogP contribution in [0.25, 0.3) is 11.1 Å². The predicted molar refractivity (Wildman–Crippen MR) is 119 cm³/mol. The van der Waals surface area contributed by atoms with Gasteiger partial charge in [0.15, 0.2) is 0 Å². The van der Waals surface area contributed by atoms with E-state index >= 15 is 0 Å². The summed E-state index contributed by atoms with van der Waals surface area (Å²) in [5.41, 5.74) is 2.84. The zero-order valence-corrected chi connectivity index (χ0v) is 18.4. The van der Waals surface area contributed by atoms with Crippen molar-refractivity contribution in [3.8, 4) is 11.1 Å². The molecular weight excluding hydrogens is 438 g/mol. The lowest BCUT2D eigenvalue weighted by atomic mass is 10.0. The van der Waals surface area contributed by atoms with Gasteiger partial charge >= 0.3 is 6.03 Å². The van der Waals surface area contributed by atoms with Gasteiger partial charge in [0.1, 0.15) is 0 Å². The highest BCUT2D eigenvalue weighted by atomic mass is 32.2. The molecule has 31 heavy (non-hydrogen) atoms. The maximum absolute atomic E-state index is 12.4. The summed E-state index contributed by atoms with van der Waals surface area (Å²) in [6, 6.07) is 16.1. The van der Waals surface area contributed by atoms with E-state index in [1.807, 2.05) is 24.6 Å². The van der Waals surface area contributed by atoms with E-state index in [9.17, 15) is 21.6 Å². The van der Waals surface area contributed by atoms with E-state index in [0.717, 1.165) is 11.1 Å². The van der Waals surface area contributed by atoms with Gasteiger partial charge in [0, 0.05) is 11.3 Å². The lowest BCUT2D eigenvalue weighted by Crippen LogP contribution is -2.34. The number of benzene rings is 3. The van der Waals surface area contributed by atoms with Gasteiger partial charge in [-0.25, -0.2) is 31.5 Å². The zero-order valence-electron chi connectivity index (χ0n) is 16.8. The first-order chi connectivity index (χ1) is 14.5. The number of hydrogen-bond acceptors (Lipinski definition) is 5. The number of sulfonamides is 2. The van der Waals surface area contributed by atoms with Gasteiger partial charge in [-0.3, -0.25) is 0 Å². The molecule has 3 rings (SSSR count). The van der Waals surface area contributed by atoms with Crippen LogP contribution in [0, 0.1) is 13.8 Å². The zero-order chi connectivity index (χ0) is 22.8. The highest BCUT2D eigenvalue weighted by molar-refractivity contribution is 7.90. The van der Waals surface area contributed by atoms with Crippen LogP contribution in [-0.2, 0) is 20.0 Å². The second kappa shape index (κ2) is 8.50. The maximum Gasteiger partial charge on any atom is 0.333 e. The number of rotatable bonds is 5. The van der Waals surface area contributed by atoms with Crippen molar-refractivity contribution in [3.63, 3.8) is 0 Å². The van der Waals surface area contributed by atoms with Gasteiger partial charge in [-0.05, 0) is 49.7 Å². The van der Waals surface area contributed by atoms with Crippen LogP contribution in [0.4, 0.5) is 10.5 Å². The average Bonchev–Trinajstić information content (AvgIpc) is 2.67. The monoisotopic (exact) mass is 459 g/mol. The molecule has 3 aromatic rings. The molecule has 8 nitrogen and oxygen atoms in total. The first kappa shape index (κ1) is 22.5. The van der Waals surface area contributed by atoms with Crippen LogP contribution in [-0.4, -0.2) is 22.9 Å². The largest absolute Gasteiger partial charge is 0.333 e. The fraction of sp³-hybridized carbons (Fsp3) is 0.0952. The number of aryl methyl sites for hydroxylation is 2. The molecule has 0 aromatic heterocycles. The Balaban J connectivity index is 1.90. The van der Waals surface area contributed by atoms with E-state index in [4.69, 9.17) is 5.14 Å². The van der Waals surface area contributed by atoms with E-state index in [1.165, 1.54) is 30.3 Å². The number of nitrogens with two attached hydrogens (primary N) is 1. The van der Waals surface area contributed by atoms with Gasteiger partial charge < -0.3 is 5.32 Å². The van der Waals surface area contributed by atoms with E-state index in [2.05, 4.69) is 5.32 Å². The predicted octanol–water partition coefficient (Wildman–Crippen LogP) is 3.13. The Bertz CT molecular complexity index is 1350. The normalized spacial score (nSPS) is 11.7. The standard InChI is InChI=1S/C21H21N3O5S2/c1-14-6-9-18(10-7-14)31(28,29)24-21(25)23-17-8-11-20(30(22,26)27)19(13-17)16-5-3-4-15(2)12-16/h3-13H,1-2H3,(H2,22,26,27)(H2,23,24,25). The Morgan fingerprint density at radius 2 is 1.52 bits per heavy atom. The van der Waals surface area contributed by atoms with Gasteiger partial charge in [0.25, 0.3) is 10.0 Å². The summed E-state index contributed by atoms with van der Waals surface area (Å²) in [6.07, 6.45) is 0. The minimum atomic E-state index is -4.07. The molecule has 0 saturated heterocycles. The summed E-state index contributed by atoms with van der Waals surface area (Å²) in [5, 5.41) is 7.75. The van der Waals surface area contributed by atoms with Crippen molar-refractivity contribution in [1.82, 2.24) is 4.72 Å². The third-order valence-electron chi connectivity index (χ3n) is 4.43. The fourth-order valence-electron chi connectivity index (χ4n) is 2.95. The van der Waals surface area contributed by atoms with E-state index < -0.39 is 26.1 Å². The molecule has 0 aliphatic rings. The summed E-state index contributed by atoms with van der Waals surface area (Å²) in [6.45, 7) is 3.67. The molecule has 0 saturated carbocycles. The van der Waals surface area contributed by atoms with Crippen LogP contribution in [0.15, 0.2) is 76.5 Å². The molecule has 0 aliphatic carbocycles. The van der Waals surface area contributed by atoms with Crippen LogP contribution >= 0.6 is 0 Å². The number of nitrogens with one attached hydrogen (secondary N) is 2. The van der Waals surface area contributed by atoms with Crippen molar-refractivity contribution in [2.45, 2.75) is 23.6 Å². The molecule has 162 valence electrons. The lowest BCUT2D eigenvalue weighted by Gasteiger charge is -2.13. The summed E-state index contributed by atoms with van der Waals surface area (Å²) in [4.78, 5) is 12.1. The summed E-state index contributed by atoms with van der Waals surface area (Å²) >= 11 is 0. The average molecular weight is 460 g/mol. The summed E-state index contributed by atoms with van der Waals surface area (Å²) in [5.74, 6) is 0. The van der Waals surface area contributed by atoms with E-state index in [0.29, 0.717) is 5.56 Å².